The minimum Gasteiger partial charge on any atom is -0.494 e. The molecule has 1 unspecified atom stereocenters. The van der Waals surface area contributed by atoms with E-state index in [1.54, 1.807) is 30.5 Å². The molecule has 0 bridgehead atoms. The Morgan fingerprint density at radius 3 is 2.81 bits per heavy atom. The van der Waals surface area contributed by atoms with Crippen molar-refractivity contribution in [2.75, 3.05) is 20.3 Å². The van der Waals surface area contributed by atoms with Crippen LogP contribution in [-0.4, -0.2) is 56.6 Å². The highest BCUT2D eigenvalue weighted by Gasteiger charge is 2.33. The molecule has 0 saturated heterocycles. The van der Waals surface area contributed by atoms with Gasteiger partial charge in [0.05, 0.1) is 37.3 Å². The predicted octanol–water partition coefficient (Wildman–Crippen LogP) is 5.20. The molecule has 3 aromatic rings. The summed E-state index contributed by atoms with van der Waals surface area (Å²) in [4.78, 5) is 28.8. The second-order valence-electron chi connectivity index (χ2n) is 9.20. The summed E-state index contributed by atoms with van der Waals surface area (Å²) in [6.45, 7) is 12.5. The van der Waals surface area contributed by atoms with Gasteiger partial charge < -0.3 is 24.1 Å². The van der Waals surface area contributed by atoms with Gasteiger partial charge in [0.2, 0.25) is 5.65 Å². The average Bonchev–Trinajstić information content (AvgIpc) is 3.65. The van der Waals surface area contributed by atoms with Crippen molar-refractivity contribution in [3.05, 3.63) is 61.9 Å². The van der Waals surface area contributed by atoms with Crippen LogP contribution in [0.25, 0.3) is 16.9 Å². The van der Waals surface area contributed by atoms with Gasteiger partial charge in [-0.1, -0.05) is 12.2 Å². The van der Waals surface area contributed by atoms with Gasteiger partial charge >= 0.3 is 6.03 Å². The molecule has 0 spiro atoms. The zero-order valence-electron chi connectivity index (χ0n) is 21.9. The van der Waals surface area contributed by atoms with Crippen molar-refractivity contribution in [1.82, 2.24) is 29.6 Å². The maximum atomic E-state index is 13.3. The Hall–Kier alpha value is -3.88. The lowest BCUT2D eigenvalue weighted by molar-refractivity contribution is 0.176. The molecule has 3 heterocycles. The van der Waals surface area contributed by atoms with E-state index in [2.05, 4.69) is 28.4 Å². The molecule has 0 aromatic carbocycles. The largest absolute Gasteiger partial charge is 0.494 e. The van der Waals surface area contributed by atoms with E-state index in [4.69, 9.17) is 14.5 Å². The molecule has 9 nitrogen and oxygen atoms in total. The number of nitrogens with zero attached hydrogens (tertiary/aromatic N) is 5. The Morgan fingerprint density at radius 1 is 1.32 bits per heavy atom. The molecule has 3 aromatic heterocycles. The molecule has 1 fully saturated rings. The Kier molecular flexibility index (Phi) is 8.43. The number of hydrogen-bond acceptors (Lipinski definition) is 6. The van der Waals surface area contributed by atoms with E-state index < -0.39 is 0 Å². The monoisotopic (exact) mass is 504 g/mol. The normalized spacial score (nSPS) is 14.6. The molecule has 37 heavy (non-hydrogen) atoms. The Bertz CT molecular complexity index is 1250. The van der Waals surface area contributed by atoms with Crippen LogP contribution in [-0.2, 0) is 0 Å². The van der Waals surface area contributed by atoms with Crippen LogP contribution in [0.2, 0.25) is 0 Å². The maximum Gasteiger partial charge on any atom is 0.318 e. The summed E-state index contributed by atoms with van der Waals surface area (Å²) >= 11 is 0. The summed E-state index contributed by atoms with van der Waals surface area (Å²) in [5, 5.41) is 3.22. The number of imidazole rings is 1. The molecule has 1 saturated carbocycles. The van der Waals surface area contributed by atoms with Crippen molar-refractivity contribution in [2.24, 2.45) is 5.92 Å². The molecule has 1 N–H and O–H groups in total. The van der Waals surface area contributed by atoms with Crippen LogP contribution in [0.5, 0.6) is 11.6 Å². The fourth-order valence-electron chi connectivity index (χ4n) is 4.46. The van der Waals surface area contributed by atoms with E-state index in [0.717, 1.165) is 30.5 Å². The lowest BCUT2D eigenvalue weighted by Gasteiger charge is -2.30. The number of nitrogens with one attached hydrogen (secondary N) is 1. The molecule has 1 aliphatic rings. The number of urea groups is 1. The minimum absolute atomic E-state index is 0.0937. The van der Waals surface area contributed by atoms with Gasteiger partial charge in [-0.25, -0.2) is 14.8 Å². The summed E-state index contributed by atoms with van der Waals surface area (Å²) in [6.07, 6.45) is 14.6. The highest BCUT2D eigenvalue weighted by molar-refractivity contribution is 5.75. The summed E-state index contributed by atoms with van der Waals surface area (Å²) in [5.41, 5.74) is 2.77. The van der Waals surface area contributed by atoms with Gasteiger partial charge in [-0.3, -0.25) is 4.98 Å². The highest BCUT2D eigenvalue weighted by atomic mass is 16.5. The number of amides is 2. The van der Waals surface area contributed by atoms with E-state index in [-0.39, 0.29) is 18.1 Å². The number of carbonyl (C=O) groups is 1. The fourth-order valence-corrected chi connectivity index (χ4v) is 4.46. The minimum atomic E-state index is -0.265. The number of aromatic nitrogens is 4. The summed E-state index contributed by atoms with van der Waals surface area (Å²) in [7, 11) is 1.60. The van der Waals surface area contributed by atoms with Crippen LogP contribution >= 0.6 is 0 Å². The molecule has 1 aliphatic carbocycles. The summed E-state index contributed by atoms with van der Waals surface area (Å²) in [6, 6.07) is 1.69. The second kappa shape index (κ2) is 11.9. The smallest absolute Gasteiger partial charge is 0.318 e. The molecular weight excluding hydrogens is 468 g/mol. The number of rotatable bonds is 13. The van der Waals surface area contributed by atoms with Crippen molar-refractivity contribution in [2.45, 2.75) is 51.6 Å². The number of fused-ring (bicyclic) bond motifs is 1. The molecule has 0 radical (unpaired) electrons. The molecule has 4 rings (SSSR count). The molecule has 0 aliphatic heterocycles. The van der Waals surface area contributed by atoms with Crippen LogP contribution in [0, 0.1) is 5.92 Å². The molecular formula is C28H36N6O3. The standard InChI is InChI=1S/C28H36N6O3/c1-6-9-15-37-27-26-29-13-14-33(26)18-24(31-27)21-16-23(30-17-25(21)36-5)19(4)34(8-3)28(35)32-22(10-7-2)20-11-12-20/h6-7,13-14,16-20,22H,1-2,8-12,15H2,3-5H3,(H,32,35)/t19-,22?/m1/s1. The van der Waals surface area contributed by atoms with Gasteiger partial charge in [-0.2, -0.15) is 0 Å². The predicted molar refractivity (Wildman–Crippen MR) is 144 cm³/mol. The van der Waals surface area contributed by atoms with E-state index in [9.17, 15) is 4.79 Å². The number of hydrogen-bond donors (Lipinski definition) is 1. The second-order valence-corrected chi connectivity index (χ2v) is 9.20. The number of carbonyl (C=O) groups excluding carboxylic acids is 1. The topological polar surface area (TPSA) is 93.9 Å². The van der Waals surface area contributed by atoms with Crippen LogP contribution in [0.15, 0.2) is 56.2 Å². The first-order valence-electron chi connectivity index (χ1n) is 12.8. The van der Waals surface area contributed by atoms with Gasteiger partial charge in [0, 0.05) is 36.7 Å². The lowest BCUT2D eigenvalue weighted by Crippen LogP contribution is -2.46. The van der Waals surface area contributed by atoms with E-state index in [1.165, 1.54) is 0 Å². The zero-order valence-corrected chi connectivity index (χ0v) is 21.9. The van der Waals surface area contributed by atoms with Crippen molar-refractivity contribution in [3.63, 3.8) is 0 Å². The number of ether oxygens (including phenoxy) is 2. The number of pyridine rings is 1. The van der Waals surface area contributed by atoms with Gasteiger partial charge in [0.1, 0.15) is 5.75 Å². The molecule has 9 heteroatoms. The Labute approximate surface area is 218 Å². The first-order valence-corrected chi connectivity index (χ1v) is 12.8. The van der Waals surface area contributed by atoms with E-state index in [0.29, 0.717) is 48.5 Å². The van der Waals surface area contributed by atoms with Gasteiger partial charge in [-0.15, -0.1) is 13.2 Å². The SMILES string of the molecule is C=CCCOc1nc(-c2cc([C@@H](C)N(CC)C(=O)NC(CC=C)C3CC3)ncc2OC)cn2ccnc12. The maximum absolute atomic E-state index is 13.3. The quantitative estimate of drug-likeness (QED) is 0.254. The van der Waals surface area contributed by atoms with Crippen LogP contribution in [0.1, 0.15) is 51.3 Å². The first kappa shape index (κ1) is 26.2. The van der Waals surface area contributed by atoms with E-state index in [1.807, 2.05) is 42.8 Å². The Morgan fingerprint density at radius 2 is 2.14 bits per heavy atom. The Balaban J connectivity index is 1.64. The van der Waals surface area contributed by atoms with Gasteiger partial charge in [0.15, 0.2) is 0 Å². The molecule has 2 amide bonds. The summed E-state index contributed by atoms with van der Waals surface area (Å²) < 4.78 is 13.4. The zero-order chi connectivity index (χ0) is 26.4. The number of methoxy groups -OCH3 is 1. The fraction of sp³-hybridized carbons (Fsp3) is 0.429. The third-order valence-corrected chi connectivity index (χ3v) is 6.71. The van der Waals surface area contributed by atoms with Crippen molar-refractivity contribution < 1.29 is 14.3 Å². The van der Waals surface area contributed by atoms with Crippen molar-refractivity contribution in [3.8, 4) is 22.9 Å². The average molecular weight is 505 g/mol. The van der Waals surface area contributed by atoms with Gasteiger partial charge in [0.25, 0.3) is 5.88 Å². The van der Waals surface area contributed by atoms with Gasteiger partial charge in [-0.05, 0) is 51.5 Å². The van der Waals surface area contributed by atoms with Crippen LogP contribution in [0.3, 0.4) is 0 Å². The van der Waals surface area contributed by atoms with E-state index >= 15 is 0 Å². The highest BCUT2D eigenvalue weighted by Crippen LogP contribution is 2.35. The van der Waals surface area contributed by atoms with Crippen LogP contribution in [0.4, 0.5) is 4.79 Å². The first-order chi connectivity index (χ1) is 18.0. The van der Waals surface area contributed by atoms with Crippen LogP contribution < -0.4 is 14.8 Å². The molecule has 2 atom stereocenters. The van der Waals surface area contributed by atoms with Crippen molar-refractivity contribution >= 4 is 11.7 Å². The summed E-state index contributed by atoms with van der Waals surface area (Å²) in [5.74, 6) is 1.54. The molecule has 196 valence electrons. The third kappa shape index (κ3) is 5.93. The van der Waals surface area contributed by atoms with Crippen molar-refractivity contribution in [1.29, 1.82) is 0 Å². The third-order valence-electron chi connectivity index (χ3n) is 6.71. The lowest BCUT2D eigenvalue weighted by atomic mass is 10.1.